The summed E-state index contributed by atoms with van der Waals surface area (Å²) in [6.07, 6.45) is 3.56. The second kappa shape index (κ2) is 5.65. The highest BCUT2D eigenvalue weighted by Gasteiger charge is 2.09. The molecule has 0 aliphatic carbocycles. The van der Waals surface area contributed by atoms with E-state index in [2.05, 4.69) is 11.1 Å². The van der Waals surface area contributed by atoms with Crippen LogP contribution in [0.2, 0.25) is 0 Å². The molecule has 0 aliphatic rings. The van der Waals surface area contributed by atoms with Crippen molar-refractivity contribution in [1.29, 1.82) is 0 Å². The Labute approximate surface area is 108 Å². The standard InChI is InChI=1S/C15H18N2O/c1-3-18-13-8-12(9-17-10-13)15-7-5-4-6-14(15)11(2)16/h4-11H,3,16H2,1-2H3. The van der Waals surface area contributed by atoms with Gasteiger partial charge in [0.2, 0.25) is 0 Å². The maximum absolute atomic E-state index is 6.00. The zero-order valence-corrected chi connectivity index (χ0v) is 10.8. The van der Waals surface area contributed by atoms with Gasteiger partial charge in [0.25, 0.3) is 0 Å². The number of pyridine rings is 1. The van der Waals surface area contributed by atoms with Gasteiger partial charge in [0.15, 0.2) is 0 Å². The van der Waals surface area contributed by atoms with Gasteiger partial charge in [-0.25, -0.2) is 0 Å². The summed E-state index contributed by atoms with van der Waals surface area (Å²) in [5, 5.41) is 0. The van der Waals surface area contributed by atoms with Gasteiger partial charge in [0, 0.05) is 17.8 Å². The van der Waals surface area contributed by atoms with Crippen molar-refractivity contribution < 1.29 is 4.74 Å². The third-order valence-corrected chi connectivity index (χ3v) is 2.79. The summed E-state index contributed by atoms with van der Waals surface area (Å²) >= 11 is 0. The molecule has 2 rings (SSSR count). The van der Waals surface area contributed by atoms with Gasteiger partial charge in [0.1, 0.15) is 5.75 Å². The maximum atomic E-state index is 6.00. The third-order valence-electron chi connectivity index (χ3n) is 2.79. The Bertz CT molecular complexity index is 523. The number of ether oxygens (including phenoxy) is 1. The molecule has 3 heteroatoms. The monoisotopic (exact) mass is 242 g/mol. The number of hydrogen-bond acceptors (Lipinski definition) is 3. The molecule has 94 valence electrons. The molecule has 1 atom stereocenters. The molecule has 0 radical (unpaired) electrons. The van der Waals surface area contributed by atoms with Crippen LogP contribution >= 0.6 is 0 Å². The van der Waals surface area contributed by atoms with E-state index < -0.39 is 0 Å². The van der Waals surface area contributed by atoms with E-state index in [4.69, 9.17) is 10.5 Å². The van der Waals surface area contributed by atoms with Gasteiger partial charge < -0.3 is 10.5 Å². The van der Waals surface area contributed by atoms with Crippen molar-refractivity contribution in [3.05, 3.63) is 48.3 Å². The normalized spacial score (nSPS) is 12.2. The van der Waals surface area contributed by atoms with E-state index >= 15 is 0 Å². The van der Waals surface area contributed by atoms with E-state index in [1.165, 1.54) is 0 Å². The maximum Gasteiger partial charge on any atom is 0.138 e. The zero-order chi connectivity index (χ0) is 13.0. The van der Waals surface area contributed by atoms with Gasteiger partial charge in [-0.15, -0.1) is 0 Å². The minimum atomic E-state index is -0.00282. The summed E-state index contributed by atoms with van der Waals surface area (Å²) < 4.78 is 5.47. The van der Waals surface area contributed by atoms with Crippen LogP contribution in [0.15, 0.2) is 42.7 Å². The smallest absolute Gasteiger partial charge is 0.138 e. The van der Waals surface area contributed by atoms with Crippen molar-refractivity contribution in [1.82, 2.24) is 4.98 Å². The lowest BCUT2D eigenvalue weighted by atomic mass is 9.97. The Morgan fingerprint density at radius 3 is 2.78 bits per heavy atom. The summed E-state index contributed by atoms with van der Waals surface area (Å²) in [5.74, 6) is 0.787. The summed E-state index contributed by atoms with van der Waals surface area (Å²) in [4.78, 5) is 4.21. The fraction of sp³-hybridized carbons (Fsp3) is 0.267. The minimum Gasteiger partial charge on any atom is -0.492 e. The Morgan fingerprint density at radius 1 is 1.28 bits per heavy atom. The number of nitrogens with two attached hydrogens (primary N) is 1. The van der Waals surface area contributed by atoms with Crippen LogP contribution in [-0.4, -0.2) is 11.6 Å². The summed E-state index contributed by atoms with van der Waals surface area (Å²) in [6, 6.07) is 10.1. The van der Waals surface area contributed by atoms with Crippen molar-refractivity contribution in [3.63, 3.8) is 0 Å². The molecule has 2 N–H and O–H groups in total. The molecule has 1 unspecified atom stereocenters. The first kappa shape index (κ1) is 12.6. The molecule has 2 aromatic rings. The predicted octanol–water partition coefficient (Wildman–Crippen LogP) is 3.17. The molecule has 0 saturated carbocycles. The molecule has 0 aliphatic heterocycles. The van der Waals surface area contributed by atoms with E-state index in [1.54, 1.807) is 6.20 Å². The van der Waals surface area contributed by atoms with Crippen molar-refractivity contribution >= 4 is 0 Å². The van der Waals surface area contributed by atoms with Crippen LogP contribution in [0.25, 0.3) is 11.1 Å². The largest absolute Gasteiger partial charge is 0.492 e. The molecular formula is C15H18N2O. The number of hydrogen-bond donors (Lipinski definition) is 1. The lowest BCUT2D eigenvalue weighted by molar-refractivity contribution is 0.339. The molecule has 1 heterocycles. The first-order chi connectivity index (χ1) is 8.72. The van der Waals surface area contributed by atoms with Gasteiger partial charge in [-0.3, -0.25) is 4.98 Å². The quantitative estimate of drug-likeness (QED) is 0.895. The molecule has 0 spiro atoms. The van der Waals surface area contributed by atoms with Gasteiger partial charge in [0.05, 0.1) is 12.8 Å². The van der Waals surface area contributed by atoms with E-state index in [1.807, 2.05) is 44.3 Å². The van der Waals surface area contributed by atoms with Crippen molar-refractivity contribution in [3.8, 4) is 16.9 Å². The average Bonchev–Trinajstić information content (AvgIpc) is 2.39. The lowest BCUT2D eigenvalue weighted by Gasteiger charge is -2.13. The lowest BCUT2D eigenvalue weighted by Crippen LogP contribution is -2.06. The van der Waals surface area contributed by atoms with E-state index in [9.17, 15) is 0 Å². The molecule has 0 amide bonds. The Kier molecular flexibility index (Phi) is 3.95. The van der Waals surface area contributed by atoms with Crippen molar-refractivity contribution in [2.45, 2.75) is 19.9 Å². The molecule has 3 nitrogen and oxygen atoms in total. The second-order valence-electron chi connectivity index (χ2n) is 4.22. The highest BCUT2D eigenvalue weighted by molar-refractivity contribution is 5.68. The summed E-state index contributed by atoms with van der Waals surface area (Å²) in [7, 11) is 0. The molecule has 0 bridgehead atoms. The number of benzene rings is 1. The summed E-state index contributed by atoms with van der Waals surface area (Å²) in [5.41, 5.74) is 9.26. The second-order valence-corrected chi connectivity index (χ2v) is 4.22. The average molecular weight is 242 g/mol. The molecule has 0 saturated heterocycles. The molecule has 1 aromatic carbocycles. The first-order valence-corrected chi connectivity index (χ1v) is 6.15. The fourth-order valence-electron chi connectivity index (χ4n) is 1.97. The molecular weight excluding hydrogens is 224 g/mol. The van der Waals surface area contributed by atoms with E-state index in [-0.39, 0.29) is 6.04 Å². The SMILES string of the molecule is CCOc1cncc(-c2ccccc2C(C)N)c1. The Hall–Kier alpha value is -1.87. The topological polar surface area (TPSA) is 48.1 Å². The van der Waals surface area contributed by atoms with Crippen LogP contribution in [0, 0.1) is 0 Å². The van der Waals surface area contributed by atoms with Crippen molar-refractivity contribution in [2.75, 3.05) is 6.61 Å². The Morgan fingerprint density at radius 2 is 2.06 bits per heavy atom. The van der Waals surface area contributed by atoms with Crippen LogP contribution in [0.3, 0.4) is 0 Å². The fourth-order valence-corrected chi connectivity index (χ4v) is 1.97. The Balaban J connectivity index is 2.45. The summed E-state index contributed by atoms with van der Waals surface area (Å²) in [6.45, 7) is 4.58. The predicted molar refractivity (Wildman–Crippen MR) is 73.4 cm³/mol. The van der Waals surface area contributed by atoms with Gasteiger partial charge in [-0.1, -0.05) is 24.3 Å². The number of aromatic nitrogens is 1. The molecule has 1 aromatic heterocycles. The molecule has 18 heavy (non-hydrogen) atoms. The van der Waals surface area contributed by atoms with Gasteiger partial charge in [-0.05, 0) is 31.0 Å². The van der Waals surface area contributed by atoms with Crippen LogP contribution in [-0.2, 0) is 0 Å². The van der Waals surface area contributed by atoms with Crippen LogP contribution < -0.4 is 10.5 Å². The molecule has 0 fully saturated rings. The van der Waals surface area contributed by atoms with E-state index in [0.717, 1.165) is 22.4 Å². The van der Waals surface area contributed by atoms with Gasteiger partial charge in [-0.2, -0.15) is 0 Å². The third kappa shape index (κ3) is 2.68. The first-order valence-electron chi connectivity index (χ1n) is 6.15. The highest BCUT2D eigenvalue weighted by atomic mass is 16.5. The van der Waals surface area contributed by atoms with E-state index in [0.29, 0.717) is 6.61 Å². The zero-order valence-electron chi connectivity index (χ0n) is 10.8. The minimum absolute atomic E-state index is 0.00282. The van der Waals surface area contributed by atoms with Crippen LogP contribution in [0.4, 0.5) is 0 Å². The van der Waals surface area contributed by atoms with Gasteiger partial charge >= 0.3 is 0 Å². The highest BCUT2D eigenvalue weighted by Crippen LogP contribution is 2.28. The number of nitrogens with zero attached hydrogens (tertiary/aromatic N) is 1. The van der Waals surface area contributed by atoms with Crippen LogP contribution in [0.1, 0.15) is 25.5 Å². The van der Waals surface area contributed by atoms with Crippen LogP contribution in [0.5, 0.6) is 5.75 Å². The van der Waals surface area contributed by atoms with Crippen molar-refractivity contribution in [2.24, 2.45) is 5.73 Å². The number of rotatable bonds is 4.